The number of ether oxygens (including phenoxy) is 2. The molecule has 1 rings (SSSR count). The van der Waals surface area contributed by atoms with Gasteiger partial charge >= 0.3 is 25.7 Å². The summed E-state index contributed by atoms with van der Waals surface area (Å²) in [7, 11) is -4.81. The number of carbonyl (C=O) groups excluding carboxylic acids is 3. The molecule has 0 radical (unpaired) electrons. The average Bonchev–Trinajstić information content (AvgIpc) is 3.49. The lowest BCUT2D eigenvalue weighted by Crippen LogP contribution is -2.34. The van der Waals surface area contributed by atoms with Crippen LogP contribution in [0.15, 0.2) is 24.3 Å². The lowest BCUT2D eigenvalue weighted by molar-refractivity contribution is -0.161. The number of carboxylic acid groups (broad SMARTS) is 1. The van der Waals surface area contributed by atoms with Crippen molar-refractivity contribution in [2.75, 3.05) is 19.8 Å². The van der Waals surface area contributed by atoms with Crippen LogP contribution in [-0.2, 0) is 42.3 Å². The summed E-state index contributed by atoms with van der Waals surface area (Å²) in [5, 5.41) is 40.2. The molecule has 360 valence electrons. The highest BCUT2D eigenvalue weighted by molar-refractivity contribution is 7.47. The van der Waals surface area contributed by atoms with E-state index in [0.29, 0.717) is 25.7 Å². The third-order valence-corrected chi connectivity index (χ3v) is 12.1. The number of aliphatic hydroxyl groups excluding tert-OH is 3. The normalized spacial score (nSPS) is 20.3. The standard InChI is InChI=1S/C46H82NO14P/c1-3-5-7-8-9-10-11-12-13-14-15-16-17-18-19-20-22-28-45(53)61-38(34-59-62(56,57)60-35-41(47)46(54)55)33-58-44(52)27-24-23-26-37(49)31-40-39(42(50)32-43(40)51)30-29-36(48)25-21-6-4-2/h12-13,29-30,36,38-43,48,50-51H,3-11,14-28,31-35,47H2,1-2H3,(H,54,55)(H,56,57)/b13-12-,30-29+/t36-,38+,39+,40+,41-,42+,43-/m0/s1. The maximum absolute atomic E-state index is 12.8. The van der Waals surface area contributed by atoms with Gasteiger partial charge in [0.2, 0.25) is 0 Å². The van der Waals surface area contributed by atoms with E-state index >= 15 is 0 Å². The van der Waals surface area contributed by atoms with Gasteiger partial charge in [0.15, 0.2) is 6.10 Å². The number of carboxylic acids is 1. The van der Waals surface area contributed by atoms with Crippen molar-refractivity contribution in [2.24, 2.45) is 17.6 Å². The van der Waals surface area contributed by atoms with Gasteiger partial charge in [-0.2, -0.15) is 0 Å². The number of allylic oxidation sites excluding steroid dienone is 2. The van der Waals surface area contributed by atoms with E-state index in [1.807, 2.05) is 0 Å². The Hall–Kier alpha value is -2.49. The van der Waals surface area contributed by atoms with Crippen LogP contribution in [0.4, 0.5) is 0 Å². The van der Waals surface area contributed by atoms with Crippen molar-refractivity contribution in [1.82, 2.24) is 0 Å². The minimum absolute atomic E-state index is 0.0504. The molecule has 0 heterocycles. The summed E-state index contributed by atoms with van der Waals surface area (Å²) in [4.78, 5) is 59.1. The van der Waals surface area contributed by atoms with Gasteiger partial charge in [-0.3, -0.25) is 28.2 Å². The van der Waals surface area contributed by atoms with E-state index in [1.54, 1.807) is 12.2 Å². The molecule has 0 amide bonds. The lowest BCUT2D eigenvalue weighted by atomic mass is 9.87. The summed E-state index contributed by atoms with van der Waals surface area (Å²) >= 11 is 0. The predicted molar refractivity (Wildman–Crippen MR) is 238 cm³/mol. The van der Waals surface area contributed by atoms with E-state index < -0.39 is 87.8 Å². The van der Waals surface area contributed by atoms with Crippen LogP contribution in [0.1, 0.15) is 181 Å². The summed E-state index contributed by atoms with van der Waals surface area (Å²) in [6.45, 7) is 2.32. The molecule has 7 N–H and O–H groups in total. The van der Waals surface area contributed by atoms with Gasteiger partial charge < -0.3 is 40.5 Å². The molecule has 0 bridgehead atoms. The maximum atomic E-state index is 12.8. The van der Waals surface area contributed by atoms with Gasteiger partial charge in [-0.15, -0.1) is 0 Å². The molecule has 15 nitrogen and oxygen atoms in total. The Labute approximate surface area is 371 Å². The highest BCUT2D eigenvalue weighted by Crippen LogP contribution is 2.43. The number of unbranched alkanes of at least 4 members (excludes halogenated alkanes) is 16. The van der Waals surface area contributed by atoms with Crippen LogP contribution in [0, 0.1) is 11.8 Å². The second-order valence-electron chi connectivity index (χ2n) is 16.9. The van der Waals surface area contributed by atoms with E-state index in [-0.39, 0.29) is 37.9 Å². The molecule has 62 heavy (non-hydrogen) atoms. The highest BCUT2D eigenvalue weighted by atomic mass is 31.2. The van der Waals surface area contributed by atoms with Crippen LogP contribution < -0.4 is 5.73 Å². The number of aliphatic carboxylic acids is 1. The van der Waals surface area contributed by atoms with Gasteiger partial charge in [0.25, 0.3) is 0 Å². The molecule has 0 aromatic carbocycles. The number of phosphoric ester groups is 1. The van der Waals surface area contributed by atoms with Gasteiger partial charge in [-0.1, -0.05) is 122 Å². The summed E-state index contributed by atoms with van der Waals surface area (Å²) in [5.74, 6) is -3.78. The SMILES string of the molecule is CCCCCCCC/C=C\CCCCCCCCCC(=O)O[C@H](COC(=O)CCCCC(=O)C[C@@H]1[C@@H](/C=C/[C@@H](O)CCCCC)[C@H](O)C[C@@H]1O)COP(=O)(O)OC[C@H](N)C(=O)O. The zero-order valence-electron chi connectivity index (χ0n) is 37.8. The second-order valence-corrected chi connectivity index (χ2v) is 18.3. The molecule has 1 fully saturated rings. The third kappa shape index (κ3) is 29.8. The molecule has 0 spiro atoms. The largest absolute Gasteiger partial charge is 0.480 e. The van der Waals surface area contributed by atoms with Gasteiger partial charge in [0.1, 0.15) is 18.4 Å². The molecular weight excluding hydrogens is 821 g/mol. The molecule has 1 aliphatic carbocycles. The first-order chi connectivity index (χ1) is 29.7. The topological polar surface area (TPSA) is 249 Å². The van der Waals surface area contributed by atoms with E-state index in [9.17, 15) is 44.0 Å². The Morgan fingerprint density at radius 1 is 0.710 bits per heavy atom. The molecule has 1 saturated carbocycles. The van der Waals surface area contributed by atoms with E-state index in [4.69, 9.17) is 24.8 Å². The number of rotatable bonds is 40. The van der Waals surface area contributed by atoms with Crippen LogP contribution in [-0.4, -0.2) is 99.3 Å². The van der Waals surface area contributed by atoms with Crippen LogP contribution in [0.2, 0.25) is 0 Å². The predicted octanol–water partition coefficient (Wildman–Crippen LogP) is 8.18. The van der Waals surface area contributed by atoms with Gasteiger partial charge in [0, 0.05) is 43.9 Å². The Morgan fingerprint density at radius 3 is 1.87 bits per heavy atom. The molecular formula is C46H82NO14P. The quantitative estimate of drug-likeness (QED) is 0.0147. The van der Waals surface area contributed by atoms with Crippen LogP contribution in [0.25, 0.3) is 0 Å². The smallest absolute Gasteiger partial charge is 0.472 e. The zero-order chi connectivity index (χ0) is 46.0. The zero-order valence-corrected chi connectivity index (χ0v) is 38.7. The van der Waals surface area contributed by atoms with Crippen molar-refractivity contribution in [3.05, 3.63) is 24.3 Å². The fourth-order valence-electron chi connectivity index (χ4n) is 7.35. The van der Waals surface area contributed by atoms with E-state index in [1.165, 1.54) is 38.5 Å². The molecule has 0 aromatic rings. The number of carbonyl (C=O) groups is 4. The van der Waals surface area contributed by atoms with Crippen molar-refractivity contribution >= 4 is 31.5 Å². The first-order valence-electron chi connectivity index (χ1n) is 23.5. The van der Waals surface area contributed by atoms with E-state index in [2.05, 4.69) is 30.5 Å². The minimum atomic E-state index is -4.81. The maximum Gasteiger partial charge on any atom is 0.472 e. The minimum Gasteiger partial charge on any atom is -0.480 e. The third-order valence-electron chi connectivity index (χ3n) is 11.2. The summed E-state index contributed by atoms with van der Waals surface area (Å²) in [6.07, 6.45) is 25.9. The van der Waals surface area contributed by atoms with Crippen molar-refractivity contribution in [2.45, 2.75) is 211 Å². The summed E-state index contributed by atoms with van der Waals surface area (Å²) < 4.78 is 32.6. The van der Waals surface area contributed by atoms with Crippen LogP contribution >= 0.6 is 7.82 Å². The van der Waals surface area contributed by atoms with Gasteiger partial charge in [0.05, 0.1) is 31.5 Å². The second kappa shape index (κ2) is 35.8. The summed E-state index contributed by atoms with van der Waals surface area (Å²) in [6, 6.07) is -1.58. The van der Waals surface area contributed by atoms with Gasteiger partial charge in [-0.25, -0.2) is 4.57 Å². The molecule has 0 saturated heterocycles. The number of nitrogens with two attached hydrogens (primary N) is 1. The lowest BCUT2D eigenvalue weighted by Gasteiger charge is -2.20. The van der Waals surface area contributed by atoms with Gasteiger partial charge in [-0.05, 0) is 51.4 Å². The molecule has 0 aliphatic heterocycles. The Balaban J connectivity index is 2.48. The van der Waals surface area contributed by atoms with Crippen LogP contribution in [0.5, 0.6) is 0 Å². The molecule has 0 aromatic heterocycles. The van der Waals surface area contributed by atoms with Crippen molar-refractivity contribution in [3.63, 3.8) is 0 Å². The Kier molecular flexibility index (Phi) is 33.2. The van der Waals surface area contributed by atoms with Crippen LogP contribution in [0.3, 0.4) is 0 Å². The van der Waals surface area contributed by atoms with Crippen molar-refractivity contribution in [3.8, 4) is 0 Å². The number of phosphoric acid groups is 1. The fraction of sp³-hybridized carbons (Fsp3) is 0.826. The fourth-order valence-corrected chi connectivity index (χ4v) is 8.13. The molecule has 16 heteroatoms. The average molecular weight is 904 g/mol. The first kappa shape index (κ1) is 57.5. The highest BCUT2D eigenvalue weighted by Gasteiger charge is 2.41. The Morgan fingerprint density at radius 2 is 1.24 bits per heavy atom. The molecule has 1 unspecified atom stereocenters. The first-order valence-corrected chi connectivity index (χ1v) is 25.0. The number of hydrogen-bond acceptors (Lipinski definition) is 13. The number of aliphatic hydroxyl groups is 3. The number of Topliss-reactive ketones (excluding diaryl/α,β-unsaturated/α-hetero) is 1. The van der Waals surface area contributed by atoms with E-state index in [0.717, 1.165) is 70.6 Å². The summed E-state index contributed by atoms with van der Waals surface area (Å²) in [5.41, 5.74) is 5.33. The Bertz CT molecular complexity index is 1330. The van der Waals surface area contributed by atoms with Crippen molar-refractivity contribution < 1.29 is 67.6 Å². The molecule has 1 aliphatic rings. The monoisotopic (exact) mass is 904 g/mol. The number of esters is 2. The number of hydrogen-bond donors (Lipinski definition) is 6. The number of ketones is 1. The molecule has 8 atom stereocenters. The van der Waals surface area contributed by atoms with Crippen molar-refractivity contribution in [1.29, 1.82) is 0 Å².